The lowest BCUT2D eigenvalue weighted by Gasteiger charge is -2.12. The van der Waals surface area contributed by atoms with Gasteiger partial charge in [0.25, 0.3) is 0 Å². The van der Waals surface area contributed by atoms with Gasteiger partial charge in [-0.1, -0.05) is 12.1 Å². The zero-order chi connectivity index (χ0) is 11.5. The molecule has 1 atom stereocenters. The molecule has 5 heteroatoms. The van der Waals surface area contributed by atoms with Gasteiger partial charge >= 0.3 is 0 Å². The van der Waals surface area contributed by atoms with Crippen LogP contribution in [0.3, 0.4) is 0 Å². The minimum absolute atomic E-state index is 0.256. The Morgan fingerprint density at radius 3 is 2.62 bits per heavy atom. The molecule has 0 aliphatic rings. The molecule has 0 fully saturated rings. The van der Waals surface area contributed by atoms with Crippen molar-refractivity contribution in [2.24, 2.45) is 0 Å². The van der Waals surface area contributed by atoms with Crippen molar-refractivity contribution in [1.29, 1.82) is 0 Å². The van der Waals surface area contributed by atoms with Crippen molar-refractivity contribution >= 4 is 15.9 Å². The molecule has 16 heavy (non-hydrogen) atoms. The summed E-state index contributed by atoms with van der Waals surface area (Å²) in [6.45, 7) is 0. The Labute approximate surface area is 100 Å². The number of aromatic nitrogens is 2. The molecule has 1 heterocycles. The van der Waals surface area contributed by atoms with E-state index in [-0.39, 0.29) is 4.47 Å². The van der Waals surface area contributed by atoms with Crippen LogP contribution < -0.4 is 0 Å². The normalized spacial score (nSPS) is 12.4. The van der Waals surface area contributed by atoms with E-state index >= 15 is 0 Å². The Morgan fingerprint density at radius 1 is 1.25 bits per heavy atom. The second-order valence-corrected chi connectivity index (χ2v) is 4.01. The van der Waals surface area contributed by atoms with Crippen LogP contribution in [-0.4, -0.2) is 15.1 Å². The average molecular weight is 283 g/mol. The predicted octanol–water partition coefficient (Wildman–Crippen LogP) is 2.46. The molecule has 1 unspecified atom stereocenters. The van der Waals surface area contributed by atoms with Gasteiger partial charge in [-0.3, -0.25) is 0 Å². The maximum Gasteiger partial charge on any atom is 0.137 e. The van der Waals surface area contributed by atoms with Gasteiger partial charge < -0.3 is 5.11 Å². The molecule has 0 bridgehead atoms. The van der Waals surface area contributed by atoms with Gasteiger partial charge in [-0.15, -0.1) is 0 Å². The van der Waals surface area contributed by atoms with Crippen molar-refractivity contribution in [3.8, 4) is 0 Å². The zero-order valence-corrected chi connectivity index (χ0v) is 9.73. The van der Waals surface area contributed by atoms with E-state index in [9.17, 15) is 9.50 Å². The Bertz CT molecular complexity index is 493. The molecule has 0 aliphatic heterocycles. The molecular weight excluding hydrogens is 275 g/mol. The Balaban J connectivity index is 2.42. The Hall–Kier alpha value is -1.33. The van der Waals surface area contributed by atoms with Crippen molar-refractivity contribution in [1.82, 2.24) is 9.97 Å². The van der Waals surface area contributed by atoms with E-state index in [4.69, 9.17) is 0 Å². The summed E-state index contributed by atoms with van der Waals surface area (Å²) >= 11 is 3.10. The first-order valence-electron chi connectivity index (χ1n) is 4.57. The van der Waals surface area contributed by atoms with Crippen LogP contribution in [0.25, 0.3) is 0 Å². The molecule has 1 aromatic heterocycles. The number of benzene rings is 1. The van der Waals surface area contributed by atoms with Gasteiger partial charge in [-0.05, 0) is 22.0 Å². The Kier molecular flexibility index (Phi) is 3.26. The number of aliphatic hydroxyl groups excluding tert-OH is 1. The lowest BCUT2D eigenvalue weighted by atomic mass is 10.0. The van der Waals surface area contributed by atoms with Gasteiger partial charge in [-0.25, -0.2) is 14.4 Å². The average Bonchev–Trinajstić information content (AvgIpc) is 2.33. The van der Waals surface area contributed by atoms with Crippen LogP contribution in [0.2, 0.25) is 0 Å². The van der Waals surface area contributed by atoms with Crippen molar-refractivity contribution in [3.63, 3.8) is 0 Å². The smallest absolute Gasteiger partial charge is 0.137 e. The van der Waals surface area contributed by atoms with Crippen LogP contribution in [0.1, 0.15) is 17.2 Å². The van der Waals surface area contributed by atoms with E-state index in [1.165, 1.54) is 24.8 Å². The number of halogens is 2. The van der Waals surface area contributed by atoms with E-state index in [2.05, 4.69) is 25.9 Å². The van der Waals surface area contributed by atoms with Crippen molar-refractivity contribution in [2.75, 3.05) is 0 Å². The highest BCUT2D eigenvalue weighted by Gasteiger charge is 2.16. The lowest BCUT2D eigenvalue weighted by Crippen LogP contribution is -2.02. The predicted molar refractivity (Wildman–Crippen MR) is 60.2 cm³/mol. The third-order valence-electron chi connectivity index (χ3n) is 2.17. The maximum absolute atomic E-state index is 13.3. The summed E-state index contributed by atoms with van der Waals surface area (Å²) in [5, 5.41) is 10.0. The van der Waals surface area contributed by atoms with Gasteiger partial charge in [0, 0.05) is 23.5 Å². The fourth-order valence-corrected chi connectivity index (χ4v) is 1.84. The first-order chi connectivity index (χ1) is 7.70. The van der Waals surface area contributed by atoms with Gasteiger partial charge in [0.1, 0.15) is 18.2 Å². The van der Waals surface area contributed by atoms with E-state index in [0.717, 1.165) is 0 Å². The maximum atomic E-state index is 13.3. The molecule has 1 aromatic carbocycles. The topological polar surface area (TPSA) is 46.0 Å². The molecule has 82 valence electrons. The number of rotatable bonds is 2. The molecule has 1 N–H and O–H groups in total. The number of hydrogen-bond acceptors (Lipinski definition) is 3. The van der Waals surface area contributed by atoms with Gasteiger partial charge in [0.15, 0.2) is 0 Å². The van der Waals surface area contributed by atoms with Crippen LogP contribution >= 0.6 is 15.9 Å². The minimum atomic E-state index is -0.939. The van der Waals surface area contributed by atoms with Crippen molar-refractivity contribution < 1.29 is 9.50 Å². The molecule has 2 rings (SSSR count). The van der Waals surface area contributed by atoms with Gasteiger partial charge in [-0.2, -0.15) is 0 Å². The highest BCUT2D eigenvalue weighted by atomic mass is 79.9. The first kappa shape index (κ1) is 11.2. The van der Waals surface area contributed by atoms with Crippen LogP contribution in [0.5, 0.6) is 0 Å². The Morgan fingerprint density at radius 2 is 1.94 bits per heavy atom. The van der Waals surface area contributed by atoms with E-state index in [1.54, 1.807) is 12.1 Å². The summed E-state index contributed by atoms with van der Waals surface area (Å²) in [6, 6.07) is 4.51. The molecule has 2 aromatic rings. The second-order valence-electron chi connectivity index (χ2n) is 3.22. The number of hydrogen-bond donors (Lipinski definition) is 1. The summed E-state index contributed by atoms with van der Waals surface area (Å²) in [4.78, 5) is 7.61. The molecule has 0 aliphatic carbocycles. The number of nitrogens with zero attached hydrogens (tertiary/aromatic N) is 2. The van der Waals surface area contributed by atoms with Crippen molar-refractivity contribution in [2.45, 2.75) is 6.10 Å². The second kappa shape index (κ2) is 4.67. The highest BCUT2D eigenvalue weighted by Crippen LogP contribution is 2.29. The standard InChI is InChI=1S/C11H8BrFN2O/c12-10-8(2-1-3-9(10)13)11(16)7-4-14-6-15-5-7/h1-6,11,16H. The fourth-order valence-electron chi connectivity index (χ4n) is 1.36. The van der Waals surface area contributed by atoms with Gasteiger partial charge in [0.2, 0.25) is 0 Å². The van der Waals surface area contributed by atoms with Crippen LogP contribution in [0.4, 0.5) is 4.39 Å². The molecule has 0 spiro atoms. The van der Waals surface area contributed by atoms with Crippen molar-refractivity contribution in [3.05, 3.63) is 58.3 Å². The van der Waals surface area contributed by atoms with Gasteiger partial charge in [0.05, 0.1) is 4.47 Å². The third kappa shape index (κ3) is 2.10. The third-order valence-corrected chi connectivity index (χ3v) is 3.01. The monoisotopic (exact) mass is 282 g/mol. The van der Waals surface area contributed by atoms with Crippen LogP contribution in [-0.2, 0) is 0 Å². The van der Waals surface area contributed by atoms with E-state index in [1.807, 2.05) is 0 Å². The largest absolute Gasteiger partial charge is 0.383 e. The first-order valence-corrected chi connectivity index (χ1v) is 5.36. The zero-order valence-electron chi connectivity index (χ0n) is 8.14. The van der Waals surface area contributed by atoms with Crippen LogP contribution in [0, 0.1) is 5.82 Å². The molecular formula is C11H8BrFN2O. The van der Waals surface area contributed by atoms with E-state index in [0.29, 0.717) is 11.1 Å². The molecule has 3 nitrogen and oxygen atoms in total. The summed E-state index contributed by atoms with van der Waals surface area (Å²) in [5.74, 6) is -0.409. The molecule has 0 saturated heterocycles. The quantitative estimate of drug-likeness (QED) is 0.920. The summed E-state index contributed by atoms with van der Waals surface area (Å²) in [5.41, 5.74) is 0.976. The lowest BCUT2D eigenvalue weighted by molar-refractivity contribution is 0.218. The minimum Gasteiger partial charge on any atom is -0.383 e. The summed E-state index contributed by atoms with van der Waals surface area (Å²) < 4.78 is 13.5. The highest BCUT2D eigenvalue weighted by molar-refractivity contribution is 9.10. The van der Waals surface area contributed by atoms with E-state index < -0.39 is 11.9 Å². The summed E-state index contributed by atoms with van der Waals surface area (Å²) in [6.07, 6.45) is 3.42. The molecule has 0 amide bonds. The number of aliphatic hydroxyl groups is 1. The molecule has 0 radical (unpaired) electrons. The summed E-state index contributed by atoms with van der Waals surface area (Å²) in [7, 11) is 0. The molecule has 0 saturated carbocycles. The SMILES string of the molecule is OC(c1cncnc1)c1cccc(F)c1Br. The fraction of sp³-hybridized carbons (Fsp3) is 0.0909. The van der Waals surface area contributed by atoms with Crippen LogP contribution in [0.15, 0.2) is 41.4 Å².